The highest BCUT2D eigenvalue weighted by Crippen LogP contribution is 2.46. The van der Waals surface area contributed by atoms with Crippen LogP contribution in [0.4, 0.5) is 0 Å². The SMILES string of the molecule is C[Si](C)(C)[C@H]1O[C@@H]1c1ccccc1Cl. The number of hydrogen-bond acceptors (Lipinski definition) is 1. The monoisotopic (exact) mass is 226 g/mol. The van der Waals surface area contributed by atoms with Gasteiger partial charge in [-0.25, -0.2) is 0 Å². The molecule has 0 bridgehead atoms. The molecule has 1 aromatic carbocycles. The Balaban J connectivity index is 2.18. The Bertz CT molecular complexity index is 345. The van der Waals surface area contributed by atoms with Gasteiger partial charge in [-0.1, -0.05) is 49.4 Å². The van der Waals surface area contributed by atoms with Crippen LogP contribution in [0.3, 0.4) is 0 Å². The molecule has 0 saturated carbocycles. The van der Waals surface area contributed by atoms with Crippen molar-refractivity contribution in [1.82, 2.24) is 0 Å². The minimum absolute atomic E-state index is 0.260. The summed E-state index contributed by atoms with van der Waals surface area (Å²) in [6.45, 7) is 6.98. The second-order valence-corrected chi connectivity index (χ2v) is 10.6. The van der Waals surface area contributed by atoms with Crippen LogP contribution < -0.4 is 0 Å². The summed E-state index contributed by atoms with van der Waals surface area (Å²) < 4.78 is 5.73. The van der Waals surface area contributed by atoms with Crippen LogP contribution in [-0.4, -0.2) is 13.8 Å². The molecule has 0 N–H and O–H groups in total. The van der Waals surface area contributed by atoms with Crippen LogP contribution in [0, 0.1) is 0 Å². The first-order valence-corrected chi connectivity index (χ1v) is 8.85. The third kappa shape index (κ3) is 1.87. The van der Waals surface area contributed by atoms with Crippen LogP contribution in [0.5, 0.6) is 0 Å². The van der Waals surface area contributed by atoms with E-state index in [-0.39, 0.29) is 6.10 Å². The van der Waals surface area contributed by atoms with E-state index in [4.69, 9.17) is 16.3 Å². The van der Waals surface area contributed by atoms with Crippen molar-refractivity contribution in [3.05, 3.63) is 34.9 Å². The van der Waals surface area contributed by atoms with Gasteiger partial charge in [0.1, 0.15) is 6.10 Å². The summed E-state index contributed by atoms with van der Waals surface area (Å²) in [5, 5.41) is 0.832. The summed E-state index contributed by atoms with van der Waals surface area (Å²) in [6, 6.07) is 7.97. The molecule has 1 nitrogen and oxygen atoms in total. The number of halogens is 1. The topological polar surface area (TPSA) is 12.5 Å². The molecule has 0 aliphatic carbocycles. The van der Waals surface area contributed by atoms with Crippen molar-refractivity contribution in [2.24, 2.45) is 0 Å². The van der Waals surface area contributed by atoms with Crippen molar-refractivity contribution >= 4 is 19.7 Å². The Kier molecular flexibility index (Phi) is 2.46. The van der Waals surface area contributed by atoms with Crippen LogP contribution in [0.15, 0.2) is 24.3 Å². The lowest BCUT2D eigenvalue weighted by Gasteiger charge is -2.11. The molecule has 14 heavy (non-hydrogen) atoms. The summed E-state index contributed by atoms with van der Waals surface area (Å²) >= 11 is 6.11. The van der Waals surface area contributed by atoms with E-state index in [1.54, 1.807) is 0 Å². The lowest BCUT2D eigenvalue weighted by Crippen LogP contribution is -2.29. The van der Waals surface area contributed by atoms with Gasteiger partial charge in [0, 0.05) is 10.6 Å². The first kappa shape index (κ1) is 10.2. The van der Waals surface area contributed by atoms with Gasteiger partial charge in [0.25, 0.3) is 0 Å². The van der Waals surface area contributed by atoms with Gasteiger partial charge >= 0.3 is 0 Å². The van der Waals surface area contributed by atoms with E-state index in [9.17, 15) is 0 Å². The maximum absolute atomic E-state index is 6.11. The van der Waals surface area contributed by atoms with E-state index in [0.717, 1.165) is 10.6 Å². The minimum atomic E-state index is -1.17. The van der Waals surface area contributed by atoms with Gasteiger partial charge in [-0.05, 0) is 6.07 Å². The van der Waals surface area contributed by atoms with Crippen LogP contribution >= 0.6 is 11.6 Å². The Hall–Kier alpha value is -0.313. The molecule has 1 heterocycles. The first-order chi connectivity index (χ1) is 6.50. The molecule has 0 spiro atoms. The summed E-state index contributed by atoms with van der Waals surface area (Å²) in [5.41, 5.74) is 1.60. The Morgan fingerprint density at radius 3 is 2.36 bits per heavy atom. The largest absolute Gasteiger partial charge is 0.368 e. The standard InChI is InChI=1S/C11H15ClOSi/c1-14(2,3)11-10(13-11)8-6-4-5-7-9(8)12/h4-7,10-11H,1-3H3/t10-,11-/m1/s1. The summed E-state index contributed by atoms with van der Waals surface area (Å²) in [4.78, 5) is 0. The molecule has 3 heteroatoms. The molecule has 2 atom stereocenters. The number of rotatable bonds is 2. The van der Waals surface area contributed by atoms with Crippen molar-refractivity contribution in [2.45, 2.75) is 31.5 Å². The molecular formula is C11H15ClOSi. The van der Waals surface area contributed by atoms with E-state index < -0.39 is 8.07 Å². The molecule has 0 aromatic heterocycles. The predicted octanol–water partition coefficient (Wildman–Crippen LogP) is 3.66. The third-order valence-electron chi connectivity index (χ3n) is 2.56. The first-order valence-electron chi connectivity index (χ1n) is 4.90. The molecule has 1 aromatic rings. The number of ether oxygens (including phenoxy) is 1. The van der Waals surface area contributed by atoms with Crippen molar-refractivity contribution < 1.29 is 4.74 Å². The molecule has 1 aliphatic heterocycles. The molecule has 1 fully saturated rings. The number of hydrogen-bond donors (Lipinski definition) is 0. The van der Waals surface area contributed by atoms with Crippen LogP contribution in [0.1, 0.15) is 11.7 Å². The van der Waals surface area contributed by atoms with E-state index in [1.165, 1.54) is 0 Å². The van der Waals surface area contributed by atoms with Gasteiger partial charge in [-0.15, -0.1) is 0 Å². The zero-order chi connectivity index (χ0) is 10.3. The quantitative estimate of drug-likeness (QED) is 0.554. The molecule has 0 amide bonds. The molecular weight excluding hydrogens is 212 g/mol. The Morgan fingerprint density at radius 2 is 1.86 bits per heavy atom. The number of epoxide rings is 1. The van der Waals surface area contributed by atoms with E-state index in [1.807, 2.05) is 18.2 Å². The van der Waals surface area contributed by atoms with Crippen LogP contribution in [0.2, 0.25) is 24.7 Å². The highest BCUT2D eigenvalue weighted by Gasteiger charge is 2.49. The van der Waals surface area contributed by atoms with Crippen molar-refractivity contribution in [3.63, 3.8) is 0 Å². The summed E-state index contributed by atoms with van der Waals surface area (Å²) in [5.74, 6) is 0. The maximum Gasteiger partial charge on any atom is 0.107 e. The predicted molar refractivity (Wildman–Crippen MR) is 62.4 cm³/mol. The Labute approximate surface area is 91.0 Å². The lowest BCUT2D eigenvalue weighted by atomic mass is 10.2. The van der Waals surface area contributed by atoms with E-state index in [2.05, 4.69) is 25.7 Å². The van der Waals surface area contributed by atoms with Crippen molar-refractivity contribution in [2.75, 3.05) is 0 Å². The van der Waals surface area contributed by atoms with Gasteiger partial charge in [-0.3, -0.25) is 0 Å². The van der Waals surface area contributed by atoms with E-state index >= 15 is 0 Å². The zero-order valence-corrected chi connectivity index (χ0v) is 10.5. The average molecular weight is 227 g/mol. The zero-order valence-electron chi connectivity index (χ0n) is 8.75. The molecule has 1 saturated heterocycles. The molecule has 1 aliphatic rings. The normalized spacial score (nSPS) is 26.3. The fourth-order valence-corrected chi connectivity index (χ4v) is 3.60. The number of benzene rings is 1. The maximum atomic E-state index is 6.11. The van der Waals surface area contributed by atoms with Gasteiger partial charge in [0.2, 0.25) is 0 Å². The smallest absolute Gasteiger partial charge is 0.107 e. The Morgan fingerprint density at radius 1 is 1.21 bits per heavy atom. The van der Waals surface area contributed by atoms with Gasteiger partial charge < -0.3 is 4.74 Å². The van der Waals surface area contributed by atoms with Gasteiger partial charge in [-0.2, -0.15) is 0 Å². The second kappa shape index (κ2) is 3.37. The summed E-state index contributed by atoms with van der Waals surface area (Å²) in [6.07, 6.45) is 0.260. The summed E-state index contributed by atoms with van der Waals surface area (Å²) in [7, 11) is -1.17. The molecule has 76 valence electrons. The highest BCUT2D eigenvalue weighted by atomic mass is 35.5. The van der Waals surface area contributed by atoms with Crippen molar-refractivity contribution in [1.29, 1.82) is 0 Å². The fourth-order valence-electron chi connectivity index (χ4n) is 1.71. The van der Waals surface area contributed by atoms with Crippen molar-refractivity contribution in [3.8, 4) is 0 Å². The van der Waals surface area contributed by atoms with Gasteiger partial charge in [0.05, 0.1) is 13.8 Å². The second-order valence-electron chi connectivity index (χ2n) is 4.86. The van der Waals surface area contributed by atoms with Crippen LogP contribution in [0.25, 0.3) is 0 Å². The third-order valence-corrected chi connectivity index (χ3v) is 5.05. The van der Waals surface area contributed by atoms with Crippen LogP contribution in [-0.2, 0) is 4.74 Å². The highest BCUT2D eigenvalue weighted by molar-refractivity contribution is 6.78. The molecule has 2 rings (SSSR count). The molecule has 0 unspecified atom stereocenters. The minimum Gasteiger partial charge on any atom is -0.368 e. The van der Waals surface area contributed by atoms with E-state index in [0.29, 0.717) is 5.73 Å². The fraction of sp³-hybridized carbons (Fsp3) is 0.455. The van der Waals surface area contributed by atoms with Gasteiger partial charge in [0.15, 0.2) is 0 Å². The average Bonchev–Trinajstić information content (AvgIpc) is 2.83. The molecule has 0 radical (unpaired) electrons. The lowest BCUT2D eigenvalue weighted by molar-refractivity contribution is 0.400.